The van der Waals surface area contributed by atoms with Crippen molar-refractivity contribution in [1.82, 2.24) is 9.80 Å². The molecule has 0 aromatic heterocycles. The maximum Gasteiger partial charge on any atom is 0.152 e. The Morgan fingerprint density at radius 3 is 2.47 bits per heavy atom. The molecule has 1 fully saturated rings. The number of allylic oxidation sites excluding steroid dienone is 1. The lowest BCUT2D eigenvalue weighted by Gasteiger charge is -2.42. The van der Waals surface area contributed by atoms with Crippen LogP contribution in [-0.4, -0.2) is 33.8 Å². The van der Waals surface area contributed by atoms with Crippen LogP contribution in [0.5, 0.6) is 5.75 Å². The van der Waals surface area contributed by atoms with E-state index in [1.54, 1.807) is 6.07 Å². The Kier molecular flexibility index (Phi) is 5.22. The molecule has 1 spiro atoms. The third kappa shape index (κ3) is 3.56. The number of amidine groups is 1. The van der Waals surface area contributed by atoms with Gasteiger partial charge in [0, 0.05) is 31.1 Å². The molecule has 0 bridgehead atoms. The Hall–Kier alpha value is -3.52. The van der Waals surface area contributed by atoms with Gasteiger partial charge in [-0.2, -0.15) is 5.26 Å². The fourth-order valence-corrected chi connectivity index (χ4v) is 5.45. The molecule has 0 atom stereocenters. The number of para-hydroxylation sites is 1. The molecule has 162 valence electrons. The second kappa shape index (κ2) is 8.20. The van der Waals surface area contributed by atoms with E-state index in [9.17, 15) is 10.4 Å². The summed E-state index contributed by atoms with van der Waals surface area (Å²) in [7, 11) is 0. The van der Waals surface area contributed by atoms with Crippen molar-refractivity contribution >= 4 is 5.84 Å². The number of piperidine rings is 1. The molecule has 2 aromatic carbocycles. The molecule has 5 heteroatoms. The zero-order valence-electron chi connectivity index (χ0n) is 18.5. The highest BCUT2D eigenvalue weighted by Gasteiger charge is 2.40. The Morgan fingerprint density at radius 1 is 1.09 bits per heavy atom. The van der Waals surface area contributed by atoms with E-state index in [0.717, 1.165) is 30.2 Å². The molecular formula is C27H28N4O. The van der Waals surface area contributed by atoms with E-state index in [4.69, 9.17) is 4.99 Å². The average molecular weight is 425 g/mol. The van der Waals surface area contributed by atoms with Crippen LogP contribution in [-0.2, 0) is 19.4 Å². The Balaban J connectivity index is 1.30. The van der Waals surface area contributed by atoms with Crippen LogP contribution in [0.25, 0.3) is 0 Å². The number of benzene rings is 2. The molecule has 1 aliphatic carbocycles. The van der Waals surface area contributed by atoms with Crippen LogP contribution in [0.15, 0.2) is 71.6 Å². The number of aliphatic imine (C=N–C) groups is 1. The number of phenols is 1. The summed E-state index contributed by atoms with van der Waals surface area (Å²) in [6.45, 7) is 4.52. The number of nitriles is 1. The van der Waals surface area contributed by atoms with Gasteiger partial charge in [0.25, 0.3) is 0 Å². The van der Waals surface area contributed by atoms with E-state index < -0.39 is 0 Å². The predicted octanol–water partition coefficient (Wildman–Crippen LogP) is 4.73. The zero-order valence-corrected chi connectivity index (χ0v) is 18.5. The third-order valence-corrected chi connectivity index (χ3v) is 7.21. The highest BCUT2D eigenvalue weighted by molar-refractivity contribution is 5.99. The van der Waals surface area contributed by atoms with Crippen molar-refractivity contribution in [1.29, 1.82) is 5.26 Å². The van der Waals surface area contributed by atoms with Crippen molar-refractivity contribution in [3.63, 3.8) is 0 Å². The van der Waals surface area contributed by atoms with Gasteiger partial charge in [-0.05, 0) is 55.2 Å². The van der Waals surface area contributed by atoms with Crippen molar-refractivity contribution in [3.05, 3.63) is 88.9 Å². The molecule has 5 nitrogen and oxygen atoms in total. The van der Waals surface area contributed by atoms with Crippen LogP contribution in [0, 0.1) is 16.7 Å². The lowest BCUT2D eigenvalue weighted by molar-refractivity contribution is 0.157. The van der Waals surface area contributed by atoms with Gasteiger partial charge in [-0.3, -0.25) is 0 Å². The number of phenolic OH excluding ortho intramolecular Hbond substituents is 1. The minimum atomic E-state index is 0.0589. The minimum Gasteiger partial charge on any atom is -0.506 e. The summed E-state index contributed by atoms with van der Waals surface area (Å²) >= 11 is 0. The zero-order chi connectivity index (χ0) is 22.1. The standard InChI is InChI=1S/C27H28N4O/c1-2-24-26(29-12-15-31(24)19-23-9-5-8-22(18-28)25(23)32)30-13-10-27(11-14-30)16-20-6-3-4-7-21(20)17-27/h2-9,12,15,32H,10-11,13-14,16-17,19H2,1H3/b24-2-. The first-order chi connectivity index (χ1) is 15.6. The fraction of sp³-hybridized carbons (Fsp3) is 0.333. The van der Waals surface area contributed by atoms with Crippen LogP contribution < -0.4 is 0 Å². The summed E-state index contributed by atoms with van der Waals surface area (Å²) in [5.74, 6) is 1.06. The average Bonchev–Trinajstić information content (AvgIpc) is 3.18. The van der Waals surface area contributed by atoms with Crippen molar-refractivity contribution in [3.8, 4) is 11.8 Å². The Labute approximate surface area is 189 Å². The van der Waals surface area contributed by atoms with Crippen LogP contribution in [0.4, 0.5) is 0 Å². The molecule has 2 aromatic rings. The number of hydrogen-bond donors (Lipinski definition) is 1. The first-order valence-corrected chi connectivity index (χ1v) is 11.3. The van der Waals surface area contributed by atoms with Gasteiger partial charge in [-0.1, -0.05) is 42.5 Å². The lowest BCUT2D eigenvalue weighted by Crippen LogP contribution is -2.46. The van der Waals surface area contributed by atoms with Gasteiger partial charge >= 0.3 is 0 Å². The quantitative estimate of drug-likeness (QED) is 0.757. The highest BCUT2D eigenvalue weighted by atomic mass is 16.3. The molecule has 0 radical (unpaired) electrons. The summed E-state index contributed by atoms with van der Waals surface area (Å²) in [6, 6.07) is 16.3. The first kappa shape index (κ1) is 20.4. The van der Waals surface area contributed by atoms with Gasteiger partial charge < -0.3 is 14.9 Å². The minimum absolute atomic E-state index is 0.0589. The molecular weight excluding hydrogens is 396 g/mol. The normalized spacial score (nSPS) is 20.4. The van der Waals surface area contributed by atoms with E-state index in [2.05, 4.69) is 46.2 Å². The van der Waals surface area contributed by atoms with E-state index in [0.29, 0.717) is 17.5 Å². The largest absolute Gasteiger partial charge is 0.506 e. The van der Waals surface area contributed by atoms with Crippen molar-refractivity contribution < 1.29 is 5.11 Å². The Morgan fingerprint density at radius 2 is 1.81 bits per heavy atom. The molecule has 5 rings (SSSR count). The van der Waals surface area contributed by atoms with Crippen molar-refractivity contribution in [2.24, 2.45) is 10.4 Å². The second-order valence-corrected chi connectivity index (χ2v) is 9.09. The monoisotopic (exact) mass is 424 g/mol. The lowest BCUT2D eigenvalue weighted by atomic mass is 9.76. The van der Waals surface area contributed by atoms with E-state index in [-0.39, 0.29) is 5.75 Å². The predicted molar refractivity (Wildman–Crippen MR) is 126 cm³/mol. The van der Waals surface area contributed by atoms with Gasteiger partial charge in [0.2, 0.25) is 0 Å². The van der Waals surface area contributed by atoms with Gasteiger partial charge in [0.05, 0.1) is 17.8 Å². The molecule has 0 unspecified atom stereocenters. The molecule has 3 aliphatic rings. The van der Waals surface area contributed by atoms with Crippen LogP contribution in [0.3, 0.4) is 0 Å². The molecule has 2 aliphatic heterocycles. The van der Waals surface area contributed by atoms with E-state index in [1.807, 2.05) is 31.5 Å². The maximum absolute atomic E-state index is 10.5. The molecule has 2 heterocycles. The summed E-state index contributed by atoms with van der Waals surface area (Å²) in [5, 5.41) is 19.7. The fourth-order valence-electron chi connectivity index (χ4n) is 5.45. The summed E-state index contributed by atoms with van der Waals surface area (Å²) in [4.78, 5) is 9.26. The smallest absolute Gasteiger partial charge is 0.152 e. The SMILES string of the molecule is C/C=C1/C(N2CCC3(CC2)Cc2ccccc2C3)=NC=CN1Cc1cccc(C#N)c1O. The van der Waals surface area contributed by atoms with Crippen molar-refractivity contribution in [2.75, 3.05) is 13.1 Å². The third-order valence-electron chi connectivity index (χ3n) is 7.21. The summed E-state index contributed by atoms with van der Waals surface area (Å²) < 4.78 is 0. The van der Waals surface area contributed by atoms with Gasteiger partial charge in [0.1, 0.15) is 11.8 Å². The first-order valence-electron chi connectivity index (χ1n) is 11.3. The van der Waals surface area contributed by atoms with Crippen LogP contribution in [0.1, 0.15) is 42.0 Å². The molecule has 0 amide bonds. The maximum atomic E-state index is 10.5. The number of nitrogens with zero attached hydrogens (tertiary/aromatic N) is 4. The topological polar surface area (TPSA) is 62.9 Å². The van der Waals surface area contributed by atoms with E-state index in [1.165, 1.54) is 36.8 Å². The Bertz CT molecular complexity index is 1140. The van der Waals surface area contributed by atoms with E-state index >= 15 is 0 Å². The van der Waals surface area contributed by atoms with Crippen LogP contribution in [0.2, 0.25) is 0 Å². The number of likely N-dealkylation sites (tertiary alicyclic amines) is 1. The number of fused-ring (bicyclic) bond motifs is 1. The number of rotatable bonds is 2. The van der Waals surface area contributed by atoms with Crippen LogP contribution >= 0.6 is 0 Å². The molecule has 1 saturated heterocycles. The van der Waals surface area contributed by atoms with Gasteiger partial charge in [0.15, 0.2) is 5.84 Å². The van der Waals surface area contributed by atoms with Crippen molar-refractivity contribution in [2.45, 2.75) is 39.2 Å². The molecule has 0 saturated carbocycles. The summed E-state index contributed by atoms with van der Waals surface area (Å²) in [5.41, 5.74) is 5.52. The van der Waals surface area contributed by atoms with Gasteiger partial charge in [-0.25, -0.2) is 4.99 Å². The second-order valence-electron chi connectivity index (χ2n) is 9.09. The summed E-state index contributed by atoms with van der Waals surface area (Å²) in [6.07, 6.45) is 10.6. The number of hydrogen-bond acceptors (Lipinski definition) is 5. The highest BCUT2D eigenvalue weighted by Crippen LogP contribution is 2.45. The molecule has 32 heavy (non-hydrogen) atoms. The van der Waals surface area contributed by atoms with Gasteiger partial charge in [-0.15, -0.1) is 0 Å². The molecule has 1 N–H and O–H groups in total. The number of aromatic hydroxyl groups is 1.